The lowest BCUT2D eigenvalue weighted by Gasteiger charge is -2.25. The summed E-state index contributed by atoms with van der Waals surface area (Å²) in [5, 5.41) is 0. The molecule has 0 aromatic carbocycles. The molecule has 1 atom stereocenters. The van der Waals surface area contributed by atoms with Crippen molar-refractivity contribution in [3.8, 4) is 0 Å². The Bertz CT molecular complexity index is 596. The van der Waals surface area contributed by atoms with E-state index in [0.717, 1.165) is 36.6 Å². The van der Waals surface area contributed by atoms with Gasteiger partial charge in [-0.3, -0.25) is 0 Å². The van der Waals surface area contributed by atoms with E-state index < -0.39 is 10.0 Å². The fourth-order valence-electron chi connectivity index (χ4n) is 2.87. The minimum absolute atomic E-state index is 0.323. The largest absolute Gasteiger partial charge is 0.341 e. The zero-order chi connectivity index (χ0) is 16.2. The van der Waals surface area contributed by atoms with Gasteiger partial charge in [0.25, 0.3) is 0 Å². The first-order valence-corrected chi connectivity index (χ1v) is 9.82. The van der Waals surface area contributed by atoms with Crippen LogP contribution in [0.3, 0.4) is 0 Å². The van der Waals surface area contributed by atoms with Gasteiger partial charge in [-0.1, -0.05) is 19.3 Å². The van der Waals surface area contributed by atoms with Gasteiger partial charge >= 0.3 is 0 Å². The molecule has 1 aromatic heterocycles. The number of nitrogens with one attached hydrogen (secondary N) is 1. The van der Waals surface area contributed by atoms with Crippen LogP contribution in [0.15, 0.2) is 6.20 Å². The maximum Gasteiger partial charge on any atom is 0.225 e. The van der Waals surface area contributed by atoms with E-state index in [2.05, 4.69) is 19.6 Å². The summed E-state index contributed by atoms with van der Waals surface area (Å²) in [6.07, 6.45) is 9.12. The normalized spacial score (nSPS) is 18.6. The lowest BCUT2D eigenvalue weighted by atomic mass is 10.1. The second-order valence-electron chi connectivity index (χ2n) is 6.08. The first-order valence-electron chi connectivity index (χ1n) is 7.92. The Morgan fingerprint density at radius 3 is 2.32 bits per heavy atom. The van der Waals surface area contributed by atoms with E-state index in [9.17, 15) is 8.42 Å². The summed E-state index contributed by atoms with van der Waals surface area (Å²) in [4.78, 5) is 11.3. The second kappa shape index (κ2) is 7.37. The molecule has 0 bridgehead atoms. The van der Waals surface area contributed by atoms with Gasteiger partial charge in [0.2, 0.25) is 16.0 Å². The molecule has 1 saturated heterocycles. The number of aromatic nitrogens is 2. The zero-order valence-electron chi connectivity index (χ0n) is 13.7. The average molecular weight is 326 g/mol. The molecule has 6 nitrogen and oxygen atoms in total. The molecular weight excluding hydrogens is 300 g/mol. The van der Waals surface area contributed by atoms with E-state index in [1.54, 1.807) is 6.20 Å². The van der Waals surface area contributed by atoms with Crippen molar-refractivity contribution < 1.29 is 8.42 Å². The van der Waals surface area contributed by atoms with Crippen LogP contribution in [0.25, 0.3) is 0 Å². The van der Waals surface area contributed by atoms with Crippen LogP contribution >= 0.6 is 0 Å². The highest BCUT2D eigenvalue weighted by molar-refractivity contribution is 7.88. The van der Waals surface area contributed by atoms with Gasteiger partial charge in [-0.05, 0) is 26.7 Å². The second-order valence-corrected chi connectivity index (χ2v) is 7.86. The van der Waals surface area contributed by atoms with Crippen LogP contribution in [0.1, 0.15) is 56.3 Å². The van der Waals surface area contributed by atoms with Gasteiger partial charge in [-0.15, -0.1) is 0 Å². The molecule has 0 amide bonds. The molecule has 0 radical (unpaired) electrons. The predicted molar refractivity (Wildman–Crippen MR) is 88.5 cm³/mol. The van der Waals surface area contributed by atoms with Crippen molar-refractivity contribution in [1.82, 2.24) is 14.7 Å². The lowest BCUT2D eigenvalue weighted by molar-refractivity contribution is 0.549. The van der Waals surface area contributed by atoms with E-state index in [4.69, 9.17) is 0 Å². The van der Waals surface area contributed by atoms with Crippen LogP contribution in [0.5, 0.6) is 0 Å². The summed E-state index contributed by atoms with van der Waals surface area (Å²) in [6.45, 7) is 5.71. The van der Waals surface area contributed by atoms with Gasteiger partial charge in [0, 0.05) is 36.6 Å². The highest BCUT2D eigenvalue weighted by Gasteiger charge is 2.17. The highest BCUT2D eigenvalue weighted by Crippen LogP contribution is 2.20. The van der Waals surface area contributed by atoms with Crippen molar-refractivity contribution in [2.75, 3.05) is 24.2 Å². The van der Waals surface area contributed by atoms with Crippen molar-refractivity contribution in [1.29, 1.82) is 0 Å². The van der Waals surface area contributed by atoms with Crippen LogP contribution in [0.4, 0.5) is 5.95 Å². The van der Waals surface area contributed by atoms with Gasteiger partial charge in [-0.2, -0.15) is 0 Å². The van der Waals surface area contributed by atoms with E-state index in [1.807, 2.05) is 13.8 Å². The fraction of sp³-hybridized carbons (Fsp3) is 0.733. The summed E-state index contributed by atoms with van der Waals surface area (Å²) in [5.41, 5.74) is 1.65. The Balaban J connectivity index is 2.14. The van der Waals surface area contributed by atoms with Gasteiger partial charge < -0.3 is 4.90 Å². The third-order valence-electron chi connectivity index (χ3n) is 4.00. The van der Waals surface area contributed by atoms with Crippen LogP contribution in [-0.2, 0) is 10.0 Å². The number of anilines is 1. The lowest BCUT2D eigenvalue weighted by Crippen LogP contribution is -2.30. The Morgan fingerprint density at radius 1 is 1.18 bits per heavy atom. The minimum atomic E-state index is -3.24. The Labute approximate surface area is 133 Å². The predicted octanol–water partition coefficient (Wildman–Crippen LogP) is 2.17. The molecular formula is C15H26N4O2S. The van der Waals surface area contributed by atoms with Crippen LogP contribution in [-0.4, -0.2) is 37.7 Å². The number of nitrogens with zero attached hydrogens (tertiary/aromatic N) is 3. The topological polar surface area (TPSA) is 75.2 Å². The molecule has 1 N–H and O–H groups in total. The van der Waals surface area contributed by atoms with Gasteiger partial charge in [0.1, 0.15) is 0 Å². The standard InChI is InChI=1S/C15H26N4O2S/c1-12-14(13(2)18-22(3,20)21)11-16-15(17-12)19-9-7-5-4-6-8-10-19/h11,13,18H,4-10H2,1-3H3/t13-/m0/s1. The van der Waals surface area contributed by atoms with Crippen molar-refractivity contribution in [2.45, 2.75) is 52.0 Å². The third-order valence-corrected chi connectivity index (χ3v) is 4.78. The van der Waals surface area contributed by atoms with E-state index >= 15 is 0 Å². The molecule has 0 unspecified atom stereocenters. The Hall–Kier alpha value is -1.21. The van der Waals surface area contributed by atoms with Crippen LogP contribution in [0, 0.1) is 6.92 Å². The highest BCUT2D eigenvalue weighted by atomic mass is 32.2. The summed E-state index contributed by atoms with van der Waals surface area (Å²) in [6, 6.07) is -0.323. The number of sulfonamides is 1. The molecule has 2 rings (SSSR count). The van der Waals surface area contributed by atoms with Gasteiger partial charge in [-0.25, -0.2) is 23.1 Å². The number of hydrogen-bond acceptors (Lipinski definition) is 5. The van der Waals surface area contributed by atoms with Gasteiger partial charge in [0.15, 0.2) is 0 Å². The van der Waals surface area contributed by atoms with Crippen LogP contribution < -0.4 is 9.62 Å². The zero-order valence-corrected chi connectivity index (χ0v) is 14.5. The Kier molecular flexibility index (Phi) is 5.74. The van der Waals surface area contributed by atoms with Crippen LogP contribution in [0.2, 0.25) is 0 Å². The maximum atomic E-state index is 11.4. The third kappa shape index (κ3) is 4.91. The van der Waals surface area contributed by atoms with Crippen molar-refractivity contribution in [2.24, 2.45) is 0 Å². The minimum Gasteiger partial charge on any atom is -0.341 e. The molecule has 124 valence electrons. The molecule has 1 fully saturated rings. The summed E-state index contributed by atoms with van der Waals surface area (Å²) < 4.78 is 25.3. The van der Waals surface area contributed by atoms with E-state index in [-0.39, 0.29) is 6.04 Å². The molecule has 2 heterocycles. The van der Waals surface area contributed by atoms with E-state index in [1.165, 1.54) is 32.1 Å². The molecule has 0 aliphatic carbocycles. The molecule has 7 heteroatoms. The fourth-order valence-corrected chi connectivity index (χ4v) is 3.64. The van der Waals surface area contributed by atoms with Gasteiger partial charge in [0.05, 0.1) is 6.26 Å². The summed E-state index contributed by atoms with van der Waals surface area (Å²) in [7, 11) is -3.24. The van der Waals surface area contributed by atoms with E-state index in [0.29, 0.717) is 0 Å². The number of hydrogen-bond donors (Lipinski definition) is 1. The van der Waals surface area contributed by atoms with Crippen molar-refractivity contribution in [3.05, 3.63) is 17.5 Å². The summed E-state index contributed by atoms with van der Waals surface area (Å²) in [5.74, 6) is 0.759. The SMILES string of the molecule is Cc1nc(N2CCCCCCC2)ncc1[C@H](C)NS(C)(=O)=O. The summed E-state index contributed by atoms with van der Waals surface area (Å²) >= 11 is 0. The molecule has 0 saturated carbocycles. The molecule has 0 spiro atoms. The number of rotatable bonds is 4. The maximum absolute atomic E-state index is 11.4. The first kappa shape index (κ1) is 17.1. The quantitative estimate of drug-likeness (QED) is 0.918. The molecule has 1 aromatic rings. The smallest absolute Gasteiger partial charge is 0.225 e. The number of aryl methyl sites for hydroxylation is 1. The van der Waals surface area contributed by atoms with Crippen molar-refractivity contribution in [3.63, 3.8) is 0 Å². The molecule has 1 aliphatic heterocycles. The Morgan fingerprint density at radius 2 is 1.77 bits per heavy atom. The first-order chi connectivity index (χ1) is 10.4. The molecule has 1 aliphatic rings. The monoisotopic (exact) mass is 326 g/mol. The molecule has 22 heavy (non-hydrogen) atoms. The average Bonchev–Trinajstić information content (AvgIpc) is 2.35. The van der Waals surface area contributed by atoms with Crippen molar-refractivity contribution >= 4 is 16.0 Å².